The van der Waals surface area contributed by atoms with Gasteiger partial charge in [-0.05, 0) is 13.8 Å². The van der Waals surface area contributed by atoms with Crippen molar-refractivity contribution in [1.29, 1.82) is 0 Å². The van der Waals surface area contributed by atoms with Crippen LogP contribution in [0.2, 0.25) is 0 Å². The summed E-state index contributed by atoms with van der Waals surface area (Å²) in [5.41, 5.74) is 0. The lowest BCUT2D eigenvalue weighted by atomic mass is 10.3. The molecule has 5 nitrogen and oxygen atoms in total. The molecule has 3 atom stereocenters. The number of carbonyl (C=O) groups is 1. The summed E-state index contributed by atoms with van der Waals surface area (Å²) >= 11 is 0. The summed E-state index contributed by atoms with van der Waals surface area (Å²) in [4.78, 5) is 12.4. The van der Waals surface area contributed by atoms with Crippen molar-refractivity contribution in [3.8, 4) is 0 Å². The van der Waals surface area contributed by atoms with Gasteiger partial charge >= 0.3 is 5.97 Å². The smallest absolute Gasteiger partial charge is 0.320 e. The fraction of sp³-hybridized carbons (Fsp3) is 0.889. The number of hydrogen-bond donors (Lipinski definition) is 2. The maximum absolute atomic E-state index is 10.7. The highest BCUT2D eigenvalue weighted by atomic mass is 16.5. The molecule has 1 rings (SSSR count). The highest BCUT2D eigenvalue weighted by Crippen LogP contribution is 2.16. The van der Waals surface area contributed by atoms with E-state index in [9.17, 15) is 9.90 Å². The number of carboxylic acid groups (broad SMARTS) is 1. The van der Waals surface area contributed by atoms with Crippen molar-refractivity contribution in [2.75, 3.05) is 19.7 Å². The maximum Gasteiger partial charge on any atom is 0.320 e. The molecule has 1 fully saturated rings. The Bertz CT molecular complexity index is 209. The van der Waals surface area contributed by atoms with Gasteiger partial charge in [0.15, 0.2) is 0 Å². The fourth-order valence-electron chi connectivity index (χ4n) is 1.64. The zero-order chi connectivity index (χ0) is 10.7. The van der Waals surface area contributed by atoms with Crippen LogP contribution in [0.5, 0.6) is 0 Å². The van der Waals surface area contributed by atoms with Gasteiger partial charge in [-0.25, -0.2) is 0 Å². The molecule has 82 valence electrons. The van der Waals surface area contributed by atoms with Gasteiger partial charge in [0.05, 0.1) is 12.2 Å². The average Bonchev–Trinajstić information content (AvgIpc) is 2.47. The van der Waals surface area contributed by atoms with Crippen molar-refractivity contribution >= 4 is 5.97 Å². The molecule has 0 saturated carbocycles. The number of carboxylic acids is 1. The number of ether oxygens (including phenoxy) is 1. The highest BCUT2D eigenvalue weighted by molar-refractivity contribution is 5.72. The number of aliphatic carboxylic acids is 1. The van der Waals surface area contributed by atoms with Crippen LogP contribution in [0.1, 0.15) is 13.8 Å². The van der Waals surface area contributed by atoms with Crippen molar-refractivity contribution in [2.45, 2.75) is 32.1 Å². The van der Waals surface area contributed by atoms with E-state index in [1.165, 1.54) is 0 Å². The first-order valence-electron chi connectivity index (χ1n) is 4.82. The van der Waals surface area contributed by atoms with Gasteiger partial charge in [-0.2, -0.15) is 0 Å². The van der Waals surface area contributed by atoms with Crippen molar-refractivity contribution in [3.05, 3.63) is 0 Å². The highest BCUT2D eigenvalue weighted by Gasteiger charge is 2.36. The predicted octanol–water partition coefficient (Wildman–Crippen LogP) is -0.459. The summed E-state index contributed by atoms with van der Waals surface area (Å²) in [6.07, 6.45) is -0.821. The molecule has 1 saturated heterocycles. The lowest BCUT2D eigenvalue weighted by molar-refractivity contribution is -0.142. The SMILES string of the molecule is CCO[C@@H]1CN([C@@H](C)C(=O)O)C[C@@H]1O. The minimum Gasteiger partial charge on any atom is -0.480 e. The number of nitrogens with zero attached hydrogens (tertiary/aromatic N) is 1. The molecule has 1 heterocycles. The summed E-state index contributed by atoms with van der Waals surface area (Å²) in [7, 11) is 0. The molecular formula is C9H17NO4. The van der Waals surface area contributed by atoms with Crippen molar-refractivity contribution < 1.29 is 19.7 Å². The van der Waals surface area contributed by atoms with Gasteiger partial charge < -0.3 is 14.9 Å². The minimum absolute atomic E-state index is 0.248. The van der Waals surface area contributed by atoms with Crippen LogP contribution in [-0.4, -0.2) is 59.0 Å². The predicted molar refractivity (Wildman–Crippen MR) is 50.1 cm³/mol. The normalized spacial score (nSPS) is 30.5. The van der Waals surface area contributed by atoms with Crippen molar-refractivity contribution in [2.24, 2.45) is 0 Å². The Morgan fingerprint density at radius 1 is 1.64 bits per heavy atom. The Hall–Kier alpha value is -0.650. The summed E-state index contributed by atoms with van der Waals surface area (Å²) in [5.74, 6) is -0.866. The van der Waals surface area contributed by atoms with E-state index in [0.717, 1.165) is 0 Å². The quantitative estimate of drug-likeness (QED) is 0.647. The molecule has 14 heavy (non-hydrogen) atoms. The minimum atomic E-state index is -0.866. The average molecular weight is 203 g/mol. The van der Waals surface area contributed by atoms with Gasteiger partial charge in [-0.1, -0.05) is 0 Å². The lowest BCUT2D eigenvalue weighted by Crippen LogP contribution is -2.38. The molecule has 1 aliphatic rings. The molecule has 2 N–H and O–H groups in total. The second-order valence-electron chi connectivity index (χ2n) is 3.53. The van der Waals surface area contributed by atoms with Gasteiger partial charge in [0, 0.05) is 19.7 Å². The molecule has 0 spiro atoms. The van der Waals surface area contributed by atoms with E-state index >= 15 is 0 Å². The summed E-state index contributed by atoms with van der Waals surface area (Å²) in [6, 6.07) is -0.560. The van der Waals surface area contributed by atoms with E-state index in [2.05, 4.69) is 0 Å². The zero-order valence-corrected chi connectivity index (χ0v) is 8.51. The monoisotopic (exact) mass is 203 g/mol. The van der Waals surface area contributed by atoms with Crippen LogP contribution < -0.4 is 0 Å². The summed E-state index contributed by atoms with van der Waals surface area (Å²) in [5, 5.41) is 18.3. The molecule has 1 aliphatic heterocycles. The maximum atomic E-state index is 10.7. The third-order valence-corrected chi connectivity index (χ3v) is 2.55. The molecule has 0 amide bonds. The third kappa shape index (κ3) is 2.43. The molecule has 0 unspecified atom stereocenters. The van der Waals surface area contributed by atoms with E-state index in [-0.39, 0.29) is 6.10 Å². The Balaban J connectivity index is 2.49. The molecule has 0 aromatic heterocycles. The molecule has 0 aliphatic carbocycles. The topological polar surface area (TPSA) is 70.0 Å². The van der Waals surface area contributed by atoms with E-state index in [4.69, 9.17) is 9.84 Å². The Labute approximate surface area is 83.3 Å². The fourth-order valence-corrected chi connectivity index (χ4v) is 1.64. The largest absolute Gasteiger partial charge is 0.480 e. The molecular weight excluding hydrogens is 186 g/mol. The molecule has 0 aromatic rings. The zero-order valence-electron chi connectivity index (χ0n) is 8.51. The summed E-state index contributed by atoms with van der Waals surface area (Å²) in [6.45, 7) is 4.87. The molecule has 0 radical (unpaired) electrons. The van der Waals surface area contributed by atoms with Crippen LogP contribution in [0.25, 0.3) is 0 Å². The number of rotatable bonds is 4. The van der Waals surface area contributed by atoms with E-state index in [1.54, 1.807) is 11.8 Å². The Kier molecular flexibility index (Phi) is 3.86. The Morgan fingerprint density at radius 3 is 2.79 bits per heavy atom. The summed E-state index contributed by atoms with van der Waals surface area (Å²) < 4.78 is 5.29. The van der Waals surface area contributed by atoms with Crippen LogP contribution in [0.15, 0.2) is 0 Å². The number of aliphatic hydroxyl groups is 1. The van der Waals surface area contributed by atoms with Crippen LogP contribution >= 0.6 is 0 Å². The Morgan fingerprint density at radius 2 is 2.29 bits per heavy atom. The van der Waals surface area contributed by atoms with Gasteiger partial charge in [0.2, 0.25) is 0 Å². The van der Waals surface area contributed by atoms with E-state index < -0.39 is 18.1 Å². The molecule has 0 bridgehead atoms. The van der Waals surface area contributed by atoms with Crippen LogP contribution in [0.3, 0.4) is 0 Å². The standard InChI is InChI=1S/C9H17NO4/c1-3-14-8-5-10(4-7(8)11)6(2)9(12)13/h6-8,11H,3-5H2,1-2H3,(H,12,13)/t6-,7-,8+/m0/s1. The number of aliphatic hydroxyl groups excluding tert-OH is 1. The lowest BCUT2D eigenvalue weighted by Gasteiger charge is -2.19. The van der Waals surface area contributed by atoms with E-state index in [1.807, 2.05) is 6.92 Å². The van der Waals surface area contributed by atoms with Crippen LogP contribution in [0, 0.1) is 0 Å². The number of likely N-dealkylation sites (tertiary alicyclic amines) is 1. The first-order chi connectivity index (χ1) is 6.56. The van der Waals surface area contributed by atoms with Crippen molar-refractivity contribution in [3.63, 3.8) is 0 Å². The van der Waals surface area contributed by atoms with Gasteiger partial charge in [0.25, 0.3) is 0 Å². The number of β-amino-alcohol motifs (C(OH)–C–C–N with tert-alkyl or cyclic N) is 1. The van der Waals surface area contributed by atoms with E-state index in [0.29, 0.717) is 19.7 Å². The van der Waals surface area contributed by atoms with Crippen molar-refractivity contribution in [1.82, 2.24) is 4.90 Å². The van der Waals surface area contributed by atoms with Gasteiger partial charge in [0.1, 0.15) is 6.04 Å². The molecule has 5 heteroatoms. The second-order valence-corrected chi connectivity index (χ2v) is 3.53. The third-order valence-electron chi connectivity index (χ3n) is 2.55. The van der Waals surface area contributed by atoms with Crippen LogP contribution in [-0.2, 0) is 9.53 Å². The first kappa shape index (κ1) is 11.4. The van der Waals surface area contributed by atoms with Gasteiger partial charge in [-0.15, -0.1) is 0 Å². The van der Waals surface area contributed by atoms with Gasteiger partial charge in [-0.3, -0.25) is 9.69 Å². The molecule has 0 aromatic carbocycles. The second kappa shape index (κ2) is 4.72. The van der Waals surface area contributed by atoms with Crippen LogP contribution in [0.4, 0.5) is 0 Å². The first-order valence-corrected chi connectivity index (χ1v) is 4.82. The number of hydrogen-bond acceptors (Lipinski definition) is 4.